The second-order valence-corrected chi connectivity index (χ2v) is 6.32. The number of nitrogens with zero attached hydrogens (tertiary/aromatic N) is 1. The second-order valence-electron chi connectivity index (χ2n) is 6.32. The van der Waals surface area contributed by atoms with Gasteiger partial charge < -0.3 is 5.11 Å². The third-order valence-electron chi connectivity index (χ3n) is 4.47. The molecule has 1 aliphatic heterocycles. The molecule has 1 heterocycles. The monoisotopic (exact) mass is 331 g/mol. The van der Waals surface area contributed by atoms with Gasteiger partial charge in [-0.15, -0.1) is 0 Å². The van der Waals surface area contributed by atoms with Crippen molar-refractivity contribution in [2.24, 2.45) is 0 Å². The molecule has 0 unspecified atom stereocenters. The summed E-state index contributed by atoms with van der Waals surface area (Å²) >= 11 is 0. The summed E-state index contributed by atoms with van der Waals surface area (Å²) in [6.07, 6.45) is 5.94. The second kappa shape index (κ2) is 9.21. The summed E-state index contributed by atoms with van der Waals surface area (Å²) in [4.78, 5) is 36.3. The molecule has 2 rings (SSSR count). The number of amides is 2. The Balaban J connectivity index is 1.67. The number of carbonyl (C=O) groups excluding carboxylic acids is 2. The van der Waals surface area contributed by atoms with Crippen molar-refractivity contribution in [3.63, 3.8) is 0 Å². The van der Waals surface area contributed by atoms with Crippen LogP contribution in [0.2, 0.25) is 0 Å². The zero-order chi connectivity index (χ0) is 17.4. The van der Waals surface area contributed by atoms with Crippen LogP contribution in [0.3, 0.4) is 0 Å². The molecule has 0 aliphatic carbocycles. The number of carboxylic acid groups (broad SMARTS) is 1. The summed E-state index contributed by atoms with van der Waals surface area (Å²) in [5.74, 6) is -1.22. The minimum Gasteiger partial charge on any atom is -0.481 e. The van der Waals surface area contributed by atoms with Crippen LogP contribution in [0.15, 0.2) is 30.3 Å². The molecular formula is C19H25NO4. The Morgan fingerprint density at radius 3 is 2.29 bits per heavy atom. The maximum Gasteiger partial charge on any atom is 0.303 e. The average molecular weight is 331 g/mol. The van der Waals surface area contributed by atoms with Gasteiger partial charge in [-0.1, -0.05) is 56.0 Å². The SMILES string of the molecule is O=C(O)CCCCCCCCN1C(=O)C[C@@H](c2ccccc2)C1=O. The number of rotatable bonds is 10. The minimum atomic E-state index is -0.742. The zero-order valence-corrected chi connectivity index (χ0v) is 13.9. The smallest absolute Gasteiger partial charge is 0.303 e. The number of unbranched alkanes of at least 4 members (excludes halogenated alkanes) is 5. The van der Waals surface area contributed by atoms with Crippen molar-refractivity contribution in [3.8, 4) is 0 Å². The fourth-order valence-electron chi connectivity index (χ4n) is 3.12. The molecule has 1 aliphatic rings. The first kappa shape index (κ1) is 18.2. The molecule has 1 saturated heterocycles. The van der Waals surface area contributed by atoms with Crippen LogP contribution in [-0.4, -0.2) is 34.3 Å². The number of hydrogen-bond donors (Lipinski definition) is 1. The van der Waals surface area contributed by atoms with E-state index in [1.165, 1.54) is 4.90 Å². The highest BCUT2D eigenvalue weighted by atomic mass is 16.4. The van der Waals surface area contributed by atoms with Gasteiger partial charge in [0.1, 0.15) is 0 Å². The first-order chi connectivity index (χ1) is 11.6. The van der Waals surface area contributed by atoms with Gasteiger partial charge in [-0.05, 0) is 18.4 Å². The van der Waals surface area contributed by atoms with Crippen LogP contribution in [0.4, 0.5) is 0 Å². The van der Waals surface area contributed by atoms with Crippen LogP contribution < -0.4 is 0 Å². The molecule has 0 bridgehead atoms. The maximum atomic E-state index is 12.4. The van der Waals surface area contributed by atoms with Crippen molar-refractivity contribution in [1.29, 1.82) is 0 Å². The molecule has 1 N–H and O–H groups in total. The van der Waals surface area contributed by atoms with Crippen LogP contribution in [0.25, 0.3) is 0 Å². The Morgan fingerprint density at radius 1 is 1.00 bits per heavy atom. The van der Waals surface area contributed by atoms with E-state index in [2.05, 4.69) is 0 Å². The quantitative estimate of drug-likeness (QED) is 0.527. The number of benzene rings is 1. The Morgan fingerprint density at radius 2 is 1.62 bits per heavy atom. The molecule has 1 fully saturated rings. The Kier molecular flexibility index (Phi) is 6.97. The molecular weight excluding hydrogens is 306 g/mol. The molecule has 5 nitrogen and oxygen atoms in total. The van der Waals surface area contributed by atoms with E-state index >= 15 is 0 Å². The Bertz CT molecular complexity index is 570. The van der Waals surface area contributed by atoms with Crippen LogP contribution in [-0.2, 0) is 14.4 Å². The molecule has 2 amide bonds. The average Bonchev–Trinajstić information content (AvgIpc) is 2.85. The molecule has 5 heteroatoms. The molecule has 0 spiro atoms. The van der Waals surface area contributed by atoms with Gasteiger partial charge >= 0.3 is 5.97 Å². The lowest BCUT2D eigenvalue weighted by Gasteiger charge is -2.15. The topological polar surface area (TPSA) is 74.7 Å². The largest absolute Gasteiger partial charge is 0.481 e. The third-order valence-corrected chi connectivity index (χ3v) is 4.47. The van der Waals surface area contributed by atoms with Crippen LogP contribution in [0.5, 0.6) is 0 Å². The lowest BCUT2D eigenvalue weighted by Crippen LogP contribution is -2.31. The summed E-state index contributed by atoms with van der Waals surface area (Å²) in [5, 5.41) is 8.56. The molecule has 1 aromatic rings. The summed E-state index contributed by atoms with van der Waals surface area (Å²) < 4.78 is 0. The highest BCUT2D eigenvalue weighted by molar-refractivity contribution is 6.06. The summed E-state index contributed by atoms with van der Waals surface area (Å²) in [7, 11) is 0. The molecule has 0 aromatic heterocycles. The van der Waals surface area contributed by atoms with Gasteiger partial charge in [-0.25, -0.2) is 0 Å². The fourth-order valence-corrected chi connectivity index (χ4v) is 3.12. The molecule has 24 heavy (non-hydrogen) atoms. The molecule has 0 saturated carbocycles. The number of aliphatic carboxylic acids is 1. The highest BCUT2D eigenvalue weighted by Gasteiger charge is 2.38. The van der Waals surface area contributed by atoms with Crippen molar-refractivity contribution in [1.82, 2.24) is 4.90 Å². The van der Waals surface area contributed by atoms with E-state index < -0.39 is 5.97 Å². The number of likely N-dealkylation sites (tertiary alicyclic amines) is 1. The standard InChI is InChI=1S/C19H25NO4/c21-17-14-16(15-10-6-5-7-11-15)19(24)20(17)13-9-4-2-1-3-8-12-18(22)23/h5-7,10-11,16H,1-4,8-9,12-14H2,(H,22,23)/t16-/m0/s1. The first-order valence-corrected chi connectivity index (χ1v) is 8.70. The lowest BCUT2D eigenvalue weighted by atomic mass is 9.98. The molecule has 1 aromatic carbocycles. The number of carboxylic acids is 1. The number of imide groups is 1. The van der Waals surface area contributed by atoms with Crippen molar-refractivity contribution >= 4 is 17.8 Å². The predicted molar refractivity (Wildman–Crippen MR) is 90.5 cm³/mol. The van der Waals surface area contributed by atoms with E-state index in [1.807, 2.05) is 30.3 Å². The molecule has 1 atom stereocenters. The Labute approximate surface area is 142 Å². The van der Waals surface area contributed by atoms with Gasteiger partial charge in [0.15, 0.2) is 0 Å². The van der Waals surface area contributed by atoms with E-state index in [1.54, 1.807) is 0 Å². The van der Waals surface area contributed by atoms with Crippen LogP contribution in [0.1, 0.15) is 62.8 Å². The zero-order valence-electron chi connectivity index (χ0n) is 13.9. The van der Waals surface area contributed by atoms with Crippen LogP contribution in [0, 0.1) is 0 Å². The van der Waals surface area contributed by atoms with E-state index in [0.717, 1.165) is 44.1 Å². The lowest BCUT2D eigenvalue weighted by molar-refractivity contribution is -0.139. The van der Waals surface area contributed by atoms with Crippen molar-refractivity contribution in [2.45, 2.75) is 57.3 Å². The van der Waals surface area contributed by atoms with Gasteiger partial charge in [0.25, 0.3) is 0 Å². The van der Waals surface area contributed by atoms with Gasteiger partial charge in [-0.2, -0.15) is 0 Å². The Hall–Kier alpha value is -2.17. The minimum absolute atomic E-state index is 0.0738. The van der Waals surface area contributed by atoms with Gasteiger partial charge in [0.2, 0.25) is 11.8 Å². The summed E-state index contributed by atoms with van der Waals surface area (Å²) in [6, 6.07) is 9.48. The van der Waals surface area contributed by atoms with Crippen LogP contribution >= 0.6 is 0 Å². The van der Waals surface area contributed by atoms with E-state index in [9.17, 15) is 14.4 Å². The predicted octanol–water partition coefficient (Wildman–Crippen LogP) is 3.34. The highest BCUT2D eigenvalue weighted by Crippen LogP contribution is 2.29. The van der Waals surface area contributed by atoms with Crippen molar-refractivity contribution in [3.05, 3.63) is 35.9 Å². The van der Waals surface area contributed by atoms with Crippen molar-refractivity contribution in [2.75, 3.05) is 6.54 Å². The first-order valence-electron chi connectivity index (χ1n) is 8.70. The van der Waals surface area contributed by atoms with Gasteiger partial charge in [0, 0.05) is 19.4 Å². The van der Waals surface area contributed by atoms with E-state index in [0.29, 0.717) is 6.54 Å². The van der Waals surface area contributed by atoms with E-state index in [4.69, 9.17) is 5.11 Å². The number of hydrogen-bond acceptors (Lipinski definition) is 3. The van der Waals surface area contributed by atoms with Gasteiger partial charge in [0.05, 0.1) is 5.92 Å². The third kappa shape index (κ3) is 5.18. The maximum absolute atomic E-state index is 12.4. The summed E-state index contributed by atoms with van der Waals surface area (Å²) in [6.45, 7) is 0.496. The van der Waals surface area contributed by atoms with Gasteiger partial charge in [-0.3, -0.25) is 19.3 Å². The molecule has 130 valence electrons. The fraction of sp³-hybridized carbons (Fsp3) is 0.526. The van der Waals surface area contributed by atoms with Crippen molar-refractivity contribution < 1.29 is 19.5 Å². The molecule has 0 radical (unpaired) electrons. The number of carbonyl (C=O) groups is 3. The van der Waals surface area contributed by atoms with E-state index in [-0.39, 0.29) is 30.6 Å². The normalized spacial score (nSPS) is 17.5. The summed E-state index contributed by atoms with van der Waals surface area (Å²) in [5.41, 5.74) is 0.914.